The molecule has 3 amide bonds. The number of fused-ring (bicyclic) bond motifs is 2. The minimum atomic E-state index is -0.958. The predicted molar refractivity (Wildman–Crippen MR) is 133 cm³/mol. The molecule has 35 heavy (non-hydrogen) atoms. The first kappa shape index (κ1) is 23.9. The second kappa shape index (κ2) is 8.10. The molecule has 1 aromatic carbocycles. The molecule has 1 aliphatic carbocycles. The molecule has 1 aromatic rings. The van der Waals surface area contributed by atoms with Gasteiger partial charge in [-0.3, -0.25) is 19.6 Å². The van der Waals surface area contributed by atoms with Crippen molar-refractivity contribution in [1.82, 2.24) is 14.7 Å². The summed E-state index contributed by atoms with van der Waals surface area (Å²) < 4.78 is 12.4. The fraction of sp³-hybridized carbons (Fsp3) is 0.500. The Kier molecular flexibility index (Phi) is 5.53. The molecule has 186 valence electrons. The Morgan fingerprint density at radius 2 is 1.86 bits per heavy atom. The molecule has 0 radical (unpaired) electrons. The van der Waals surface area contributed by atoms with Crippen molar-refractivity contribution in [3.05, 3.63) is 58.1 Å². The van der Waals surface area contributed by atoms with Gasteiger partial charge in [-0.05, 0) is 51.5 Å². The Bertz CT molecular complexity index is 1190. The summed E-state index contributed by atoms with van der Waals surface area (Å²) in [5.41, 5.74) is 0.510. The van der Waals surface area contributed by atoms with Gasteiger partial charge in [0, 0.05) is 32.1 Å². The van der Waals surface area contributed by atoms with Gasteiger partial charge in [-0.2, -0.15) is 0 Å². The molecule has 8 nitrogen and oxygen atoms in total. The number of ether oxygens (including phenoxy) is 2. The van der Waals surface area contributed by atoms with E-state index in [9.17, 15) is 9.59 Å². The summed E-state index contributed by atoms with van der Waals surface area (Å²) >= 11 is 6.12. The zero-order valence-corrected chi connectivity index (χ0v) is 21.7. The van der Waals surface area contributed by atoms with Gasteiger partial charge in [-0.25, -0.2) is 4.79 Å². The first-order valence-electron chi connectivity index (χ1n) is 11.9. The standard InChI is InChI=1S/C26H31ClN4O4/c1-15(2)35-20-13-25(4,34-6)21-22-26(20,5)23-28-14-19(17-7-9-18(27)10-8-17)31(23)24(33)30(22)12-11-29(21)16(3)32/h7-10,13,15,19H,11-12,14H2,1-6H3/t19-,25?,26?/m0/s1. The van der Waals surface area contributed by atoms with E-state index in [0.29, 0.717) is 47.6 Å². The van der Waals surface area contributed by atoms with E-state index in [1.165, 1.54) is 0 Å². The van der Waals surface area contributed by atoms with Gasteiger partial charge < -0.3 is 14.4 Å². The van der Waals surface area contributed by atoms with Gasteiger partial charge in [0.2, 0.25) is 5.91 Å². The highest BCUT2D eigenvalue weighted by Gasteiger charge is 2.62. The topological polar surface area (TPSA) is 74.7 Å². The van der Waals surface area contributed by atoms with Crippen molar-refractivity contribution >= 4 is 29.4 Å². The first-order chi connectivity index (χ1) is 16.5. The second-order valence-corrected chi connectivity index (χ2v) is 10.5. The summed E-state index contributed by atoms with van der Waals surface area (Å²) in [6, 6.07) is 7.14. The third-order valence-electron chi connectivity index (χ3n) is 7.41. The number of nitrogens with zero attached hydrogens (tertiary/aromatic N) is 4. The van der Waals surface area contributed by atoms with E-state index in [1.807, 2.05) is 58.0 Å². The molecular formula is C26H31ClN4O4. The lowest BCUT2D eigenvalue weighted by atomic mass is 9.70. The Labute approximate surface area is 210 Å². The van der Waals surface area contributed by atoms with Crippen molar-refractivity contribution in [1.29, 1.82) is 0 Å². The molecule has 3 heterocycles. The van der Waals surface area contributed by atoms with Crippen LogP contribution in [0.15, 0.2) is 52.5 Å². The number of amidine groups is 1. The Morgan fingerprint density at radius 3 is 2.46 bits per heavy atom. The molecule has 5 rings (SSSR count). The van der Waals surface area contributed by atoms with Crippen molar-refractivity contribution in [2.24, 2.45) is 10.4 Å². The van der Waals surface area contributed by atoms with Crippen molar-refractivity contribution in [2.45, 2.75) is 52.4 Å². The van der Waals surface area contributed by atoms with Crippen LogP contribution in [0.3, 0.4) is 0 Å². The highest BCUT2D eigenvalue weighted by molar-refractivity contribution is 6.30. The molecular weight excluding hydrogens is 468 g/mol. The van der Waals surface area contributed by atoms with Crippen LogP contribution in [0.4, 0.5) is 4.79 Å². The highest BCUT2D eigenvalue weighted by Crippen LogP contribution is 2.56. The van der Waals surface area contributed by atoms with E-state index in [-0.39, 0.29) is 24.1 Å². The Hall–Kier alpha value is -2.84. The summed E-state index contributed by atoms with van der Waals surface area (Å²) in [4.78, 5) is 37.1. The van der Waals surface area contributed by atoms with Gasteiger partial charge >= 0.3 is 6.03 Å². The zero-order chi connectivity index (χ0) is 25.3. The molecule has 0 bridgehead atoms. The average Bonchev–Trinajstić information content (AvgIpc) is 3.27. The summed E-state index contributed by atoms with van der Waals surface area (Å²) in [6.45, 7) is 10.6. The molecule has 1 saturated heterocycles. The van der Waals surface area contributed by atoms with Gasteiger partial charge in [0.05, 0.1) is 30.1 Å². The molecule has 4 aliphatic rings. The van der Waals surface area contributed by atoms with Crippen LogP contribution in [0.25, 0.3) is 0 Å². The van der Waals surface area contributed by atoms with Crippen LogP contribution < -0.4 is 0 Å². The first-order valence-corrected chi connectivity index (χ1v) is 12.3. The van der Waals surface area contributed by atoms with Crippen LogP contribution >= 0.6 is 11.6 Å². The molecule has 9 heteroatoms. The normalized spacial score (nSPS) is 29.8. The molecule has 0 spiro atoms. The minimum Gasteiger partial charge on any atom is -0.494 e. The maximum atomic E-state index is 14.1. The number of carbonyl (C=O) groups is 2. The maximum absolute atomic E-state index is 14.1. The van der Waals surface area contributed by atoms with E-state index in [4.69, 9.17) is 26.1 Å². The van der Waals surface area contributed by atoms with E-state index in [1.54, 1.807) is 28.7 Å². The largest absolute Gasteiger partial charge is 0.494 e. The zero-order valence-electron chi connectivity index (χ0n) is 21.0. The number of benzene rings is 1. The van der Waals surface area contributed by atoms with Gasteiger partial charge in [0.15, 0.2) is 0 Å². The third-order valence-corrected chi connectivity index (χ3v) is 7.67. The lowest BCUT2D eigenvalue weighted by Crippen LogP contribution is -2.66. The second-order valence-electron chi connectivity index (χ2n) is 10.0. The number of carbonyl (C=O) groups excluding carboxylic acids is 2. The number of aliphatic imine (C=N–C) groups is 1. The van der Waals surface area contributed by atoms with Crippen molar-refractivity contribution in [3.63, 3.8) is 0 Å². The van der Waals surface area contributed by atoms with Crippen molar-refractivity contribution in [3.8, 4) is 0 Å². The van der Waals surface area contributed by atoms with Crippen LogP contribution in [0, 0.1) is 5.41 Å². The minimum absolute atomic E-state index is 0.0957. The molecule has 3 atom stereocenters. The van der Waals surface area contributed by atoms with E-state index >= 15 is 0 Å². The Morgan fingerprint density at radius 1 is 1.17 bits per heavy atom. The van der Waals surface area contributed by atoms with Crippen molar-refractivity contribution in [2.75, 3.05) is 26.7 Å². The monoisotopic (exact) mass is 498 g/mol. The molecule has 0 saturated carbocycles. The fourth-order valence-corrected chi connectivity index (χ4v) is 5.85. The van der Waals surface area contributed by atoms with Crippen LogP contribution in [-0.2, 0) is 14.3 Å². The Balaban J connectivity index is 1.74. The van der Waals surface area contributed by atoms with Gasteiger partial charge in [-0.1, -0.05) is 23.7 Å². The van der Waals surface area contributed by atoms with Crippen molar-refractivity contribution < 1.29 is 19.1 Å². The quantitative estimate of drug-likeness (QED) is 0.619. The van der Waals surface area contributed by atoms with Gasteiger partial charge in [-0.15, -0.1) is 0 Å². The lowest BCUT2D eigenvalue weighted by Gasteiger charge is -2.56. The maximum Gasteiger partial charge on any atom is 0.330 e. The number of methoxy groups -OCH3 is 1. The number of hydrogen-bond donors (Lipinski definition) is 0. The van der Waals surface area contributed by atoms with Gasteiger partial charge in [0.1, 0.15) is 22.6 Å². The summed E-state index contributed by atoms with van der Waals surface area (Å²) in [5, 5.41) is 0.640. The highest BCUT2D eigenvalue weighted by atomic mass is 35.5. The van der Waals surface area contributed by atoms with Crippen LogP contribution in [0.2, 0.25) is 5.02 Å². The smallest absolute Gasteiger partial charge is 0.330 e. The lowest BCUT2D eigenvalue weighted by molar-refractivity contribution is -0.130. The number of hydrogen-bond acceptors (Lipinski definition) is 5. The van der Waals surface area contributed by atoms with Gasteiger partial charge in [0.25, 0.3) is 0 Å². The number of halogens is 1. The molecule has 2 unspecified atom stereocenters. The van der Waals surface area contributed by atoms with E-state index < -0.39 is 11.0 Å². The van der Waals surface area contributed by atoms with Crippen LogP contribution in [-0.4, -0.2) is 70.9 Å². The molecule has 0 N–H and O–H groups in total. The van der Waals surface area contributed by atoms with Crippen LogP contribution in [0.5, 0.6) is 0 Å². The predicted octanol–water partition coefficient (Wildman–Crippen LogP) is 4.34. The molecule has 0 aromatic heterocycles. The summed E-state index contributed by atoms with van der Waals surface area (Å²) in [5.74, 6) is 1.20. The summed E-state index contributed by atoms with van der Waals surface area (Å²) in [6.07, 6.45) is 1.83. The van der Waals surface area contributed by atoms with Crippen LogP contribution in [0.1, 0.15) is 46.2 Å². The fourth-order valence-electron chi connectivity index (χ4n) is 5.72. The average molecular weight is 499 g/mol. The SMILES string of the molecule is COC1(C)C=C(OC(C)C)C2(C)C3=NC[C@@H](c4ccc(Cl)cc4)N3C(=O)N3CCN(C(C)=O)C1=C32. The molecule has 1 fully saturated rings. The van der Waals surface area contributed by atoms with E-state index in [0.717, 1.165) is 5.56 Å². The van der Waals surface area contributed by atoms with E-state index in [2.05, 4.69) is 0 Å². The third kappa shape index (κ3) is 3.33. The summed E-state index contributed by atoms with van der Waals surface area (Å²) in [7, 11) is 1.61. The number of amides is 3. The molecule has 3 aliphatic heterocycles. The number of rotatable bonds is 4. The number of urea groups is 1.